The van der Waals surface area contributed by atoms with Gasteiger partial charge < -0.3 is 45.4 Å². The Morgan fingerprint density at radius 1 is 0.586 bits per heavy atom. The molecule has 0 aromatic rings. The summed E-state index contributed by atoms with van der Waals surface area (Å²) in [6, 6.07) is -0.974. The van der Waals surface area contributed by atoms with Gasteiger partial charge in [0, 0.05) is 0 Å². The van der Waals surface area contributed by atoms with Crippen LogP contribution < -0.4 is 5.32 Å². The first-order chi connectivity index (χ1) is 28.3. The van der Waals surface area contributed by atoms with E-state index in [-0.39, 0.29) is 6.61 Å². The minimum absolute atomic E-state index is 0.301. The van der Waals surface area contributed by atoms with Crippen LogP contribution >= 0.6 is 0 Å². The molecular weight excluding hydrogens is 735 g/mol. The van der Waals surface area contributed by atoms with E-state index in [2.05, 4.69) is 19.2 Å². The van der Waals surface area contributed by atoms with E-state index in [1.807, 2.05) is 6.08 Å². The molecule has 1 amide bonds. The second kappa shape index (κ2) is 38.8. The molecule has 7 N–H and O–H groups in total. The van der Waals surface area contributed by atoms with Crippen LogP contribution in [0.25, 0.3) is 0 Å². The highest BCUT2D eigenvalue weighted by atomic mass is 16.7. The molecule has 0 aromatic heterocycles. The minimum Gasteiger partial charge on any atom is -0.394 e. The van der Waals surface area contributed by atoms with Crippen molar-refractivity contribution in [3.63, 3.8) is 0 Å². The Balaban J connectivity index is 2.37. The van der Waals surface area contributed by atoms with Crippen molar-refractivity contribution in [1.82, 2.24) is 5.32 Å². The molecule has 10 heteroatoms. The molecule has 0 radical (unpaired) electrons. The third-order valence-electron chi connectivity index (χ3n) is 12.0. The number of aliphatic hydroxyl groups is 6. The summed E-state index contributed by atoms with van der Waals surface area (Å²) in [5, 5.41) is 64.7. The molecule has 0 spiro atoms. The third-order valence-corrected chi connectivity index (χ3v) is 12.0. The summed E-state index contributed by atoms with van der Waals surface area (Å²) in [6.07, 6.45) is 34.4. The van der Waals surface area contributed by atoms with Crippen molar-refractivity contribution in [3.8, 4) is 0 Å². The molecule has 1 heterocycles. The number of hydrogen-bond donors (Lipinski definition) is 7. The zero-order chi connectivity index (χ0) is 42.5. The van der Waals surface area contributed by atoms with Crippen molar-refractivity contribution in [2.75, 3.05) is 13.2 Å². The van der Waals surface area contributed by atoms with Crippen LogP contribution in [0, 0.1) is 0 Å². The Hall–Kier alpha value is -1.11. The van der Waals surface area contributed by atoms with Gasteiger partial charge in [-0.3, -0.25) is 4.79 Å². The maximum Gasteiger partial charge on any atom is 0.249 e. The number of rotatable bonds is 41. The van der Waals surface area contributed by atoms with E-state index < -0.39 is 61.5 Å². The third kappa shape index (κ3) is 28.4. The predicted octanol–water partition coefficient (Wildman–Crippen LogP) is 9.48. The van der Waals surface area contributed by atoms with Gasteiger partial charge >= 0.3 is 0 Å². The van der Waals surface area contributed by atoms with Crippen LogP contribution in [-0.2, 0) is 14.3 Å². The molecule has 1 aliphatic rings. The van der Waals surface area contributed by atoms with Crippen LogP contribution in [0.2, 0.25) is 0 Å². The van der Waals surface area contributed by atoms with E-state index in [0.717, 1.165) is 44.9 Å². The maximum atomic E-state index is 13.1. The van der Waals surface area contributed by atoms with E-state index in [0.29, 0.717) is 6.42 Å². The Kier molecular flexibility index (Phi) is 36.7. The summed E-state index contributed by atoms with van der Waals surface area (Å²) in [4.78, 5) is 13.1. The normalized spacial score (nSPS) is 21.4. The van der Waals surface area contributed by atoms with Crippen molar-refractivity contribution >= 4 is 5.91 Å². The van der Waals surface area contributed by atoms with E-state index >= 15 is 0 Å². The van der Waals surface area contributed by atoms with Gasteiger partial charge in [-0.1, -0.05) is 219 Å². The molecule has 1 rings (SSSR count). The zero-order valence-corrected chi connectivity index (χ0v) is 37.4. The van der Waals surface area contributed by atoms with Gasteiger partial charge in [0.2, 0.25) is 5.91 Å². The second-order valence-corrected chi connectivity index (χ2v) is 17.4. The fraction of sp³-hybridized carbons (Fsp3) is 0.938. The lowest BCUT2D eigenvalue weighted by molar-refractivity contribution is -0.302. The largest absolute Gasteiger partial charge is 0.394 e. The smallest absolute Gasteiger partial charge is 0.249 e. The molecule has 0 saturated carbocycles. The molecule has 344 valence electrons. The van der Waals surface area contributed by atoms with Crippen LogP contribution in [0.15, 0.2) is 12.2 Å². The van der Waals surface area contributed by atoms with Gasteiger partial charge in [0.1, 0.15) is 30.5 Å². The Morgan fingerprint density at radius 3 is 1.40 bits per heavy atom. The summed E-state index contributed by atoms with van der Waals surface area (Å²) in [5.74, 6) is -0.613. The Labute approximate surface area is 355 Å². The van der Waals surface area contributed by atoms with Crippen LogP contribution in [0.5, 0.6) is 0 Å². The van der Waals surface area contributed by atoms with Crippen molar-refractivity contribution in [2.45, 2.75) is 275 Å². The number of carbonyl (C=O) groups is 1. The van der Waals surface area contributed by atoms with E-state index in [1.54, 1.807) is 6.08 Å². The van der Waals surface area contributed by atoms with Crippen LogP contribution in [-0.4, -0.2) is 98.7 Å². The maximum absolute atomic E-state index is 13.1. The summed E-state index contributed by atoms with van der Waals surface area (Å²) < 4.78 is 11.1. The molecule has 0 aliphatic carbocycles. The van der Waals surface area contributed by atoms with Crippen molar-refractivity contribution in [1.29, 1.82) is 0 Å². The van der Waals surface area contributed by atoms with Crippen molar-refractivity contribution < 1.29 is 44.9 Å². The van der Waals surface area contributed by atoms with Crippen LogP contribution in [0.4, 0.5) is 0 Å². The van der Waals surface area contributed by atoms with Crippen molar-refractivity contribution in [2.24, 2.45) is 0 Å². The molecule has 0 aromatic carbocycles. The van der Waals surface area contributed by atoms with Gasteiger partial charge in [0.15, 0.2) is 6.29 Å². The molecule has 1 fully saturated rings. The number of allylic oxidation sites excluding steroid dienone is 1. The molecule has 10 nitrogen and oxygen atoms in total. The Bertz CT molecular complexity index is 937. The van der Waals surface area contributed by atoms with Crippen LogP contribution in [0.3, 0.4) is 0 Å². The lowest BCUT2D eigenvalue weighted by Crippen LogP contribution is -2.60. The number of unbranched alkanes of at least 4 members (excludes halogenated alkanes) is 30. The molecule has 8 atom stereocenters. The summed E-state index contributed by atoms with van der Waals surface area (Å²) in [6.45, 7) is 3.62. The summed E-state index contributed by atoms with van der Waals surface area (Å²) in [5.41, 5.74) is 0. The lowest BCUT2D eigenvalue weighted by Gasteiger charge is -2.40. The van der Waals surface area contributed by atoms with Gasteiger partial charge in [-0.15, -0.1) is 0 Å². The molecule has 8 unspecified atom stereocenters. The number of nitrogens with one attached hydrogen (secondary N) is 1. The monoisotopic (exact) mass is 828 g/mol. The zero-order valence-electron chi connectivity index (χ0n) is 37.4. The highest BCUT2D eigenvalue weighted by Crippen LogP contribution is 2.23. The van der Waals surface area contributed by atoms with E-state index in [9.17, 15) is 35.4 Å². The average molecular weight is 828 g/mol. The average Bonchev–Trinajstić information content (AvgIpc) is 3.22. The van der Waals surface area contributed by atoms with E-state index in [1.165, 1.54) is 161 Å². The highest BCUT2D eigenvalue weighted by molar-refractivity contribution is 5.80. The van der Waals surface area contributed by atoms with Gasteiger partial charge in [0.25, 0.3) is 0 Å². The number of carbonyl (C=O) groups excluding carboxylic acids is 1. The topological polar surface area (TPSA) is 169 Å². The first-order valence-electron chi connectivity index (χ1n) is 24.5. The number of amides is 1. The molecular formula is C48H93NO9. The summed E-state index contributed by atoms with van der Waals surface area (Å²) >= 11 is 0. The molecule has 1 saturated heterocycles. The van der Waals surface area contributed by atoms with Gasteiger partial charge in [-0.05, 0) is 19.3 Å². The molecule has 0 bridgehead atoms. The van der Waals surface area contributed by atoms with E-state index in [4.69, 9.17) is 9.47 Å². The van der Waals surface area contributed by atoms with Gasteiger partial charge in [-0.25, -0.2) is 0 Å². The minimum atomic E-state index is -1.61. The standard InChI is InChI=1S/C48H93NO9/c1-3-5-7-9-11-13-15-17-19-20-21-23-25-27-29-31-33-35-37-42(52)47(56)49-40(39-57-48-46(55)45(54)44(53)43(38-50)58-48)41(51)36-34-32-30-28-26-24-22-18-16-14-12-10-8-6-4-2/h34,36,40-46,48,50-55H,3-33,35,37-39H2,1-2H3,(H,49,56)/b36-34+. The van der Waals surface area contributed by atoms with Crippen molar-refractivity contribution in [3.05, 3.63) is 12.2 Å². The quantitative estimate of drug-likeness (QED) is 0.0235. The molecule has 58 heavy (non-hydrogen) atoms. The fourth-order valence-corrected chi connectivity index (χ4v) is 7.93. The van der Waals surface area contributed by atoms with Crippen LogP contribution in [0.1, 0.15) is 226 Å². The summed E-state index contributed by atoms with van der Waals surface area (Å²) in [7, 11) is 0. The Morgan fingerprint density at radius 2 is 0.983 bits per heavy atom. The fourth-order valence-electron chi connectivity index (χ4n) is 7.93. The first kappa shape index (κ1) is 54.9. The van der Waals surface area contributed by atoms with Gasteiger partial charge in [0.05, 0.1) is 25.4 Å². The number of aliphatic hydroxyl groups excluding tert-OH is 6. The lowest BCUT2D eigenvalue weighted by atomic mass is 9.99. The number of hydrogen-bond acceptors (Lipinski definition) is 9. The molecule has 1 aliphatic heterocycles. The first-order valence-corrected chi connectivity index (χ1v) is 24.5. The predicted molar refractivity (Wildman–Crippen MR) is 237 cm³/mol. The SMILES string of the molecule is CCCCCCCCCCCCCCC/C=C/C(O)C(COC1OC(CO)C(O)C(O)C1O)NC(=O)C(O)CCCCCCCCCCCCCCCCCCCC. The van der Waals surface area contributed by atoms with Gasteiger partial charge in [-0.2, -0.15) is 0 Å². The number of ether oxygens (including phenoxy) is 2. The highest BCUT2D eigenvalue weighted by Gasteiger charge is 2.44. The second-order valence-electron chi connectivity index (χ2n) is 17.4.